The molecule has 0 aliphatic rings. The molecule has 0 atom stereocenters. The molecule has 0 aromatic carbocycles. The summed E-state index contributed by atoms with van der Waals surface area (Å²) in [7, 11) is 1.48. The van der Waals surface area contributed by atoms with Gasteiger partial charge in [0.25, 0.3) is 0 Å². The Labute approximate surface area is 72.3 Å². The molecule has 0 unspecified atom stereocenters. The average molecular weight is 219 g/mol. The Morgan fingerprint density at radius 2 is 2.36 bits per heavy atom. The second kappa shape index (κ2) is 3.64. The van der Waals surface area contributed by atoms with E-state index in [0.29, 0.717) is 16.0 Å². The number of ether oxygens (including phenoxy) is 1. The SMILES string of the molecule is COc1nnc(Br)cc1CO. The summed E-state index contributed by atoms with van der Waals surface area (Å²) in [4.78, 5) is 0. The van der Waals surface area contributed by atoms with E-state index in [2.05, 4.69) is 26.1 Å². The van der Waals surface area contributed by atoms with Crippen molar-refractivity contribution < 1.29 is 9.84 Å². The quantitative estimate of drug-likeness (QED) is 0.796. The third kappa shape index (κ3) is 1.87. The molecule has 0 amide bonds. The van der Waals surface area contributed by atoms with E-state index in [1.165, 1.54) is 7.11 Å². The van der Waals surface area contributed by atoms with Crippen LogP contribution in [0.3, 0.4) is 0 Å². The summed E-state index contributed by atoms with van der Waals surface area (Å²) in [6, 6.07) is 1.66. The molecule has 1 rings (SSSR count). The van der Waals surface area contributed by atoms with Crippen LogP contribution in [0, 0.1) is 0 Å². The third-order valence-corrected chi connectivity index (χ3v) is 1.56. The van der Waals surface area contributed by atoms with E-state index in [4.69, 9.17) is 9.84 Å². The zero-order valence-electron chi connectivity index (χ0n) is 5.91. The molecule has 1 heterocycles. The highest BCUT2D eigenvalue weighted by molar-refractivity contribution is 9.10. The second-order valence-corrected chi connectivity index (χ2v) is 2.67. The van der Waals surface area contributed by atoms with Crippen molar-refractivity contribution in [1.82, 2.24) is 10.2 Å². The van der Waals surface area contributed by atoms with Gasteiger partial charge in [0.15, 0.2) is 0 Å². The van der Waals surface area contributed by atoms with Crippen LogP contribution in [0.1, 0.15) is 5.56 Å². The molecule has 0 aliphatic carbocycles. The van der Waals surface area contributed by atoms with Gasteiger partial charge in [-0.1, -0.05) is 0 Å². The van der Waals surface area contributed by atoms with Crippen molar-refractivity contribution in [3.63, 3.8) is 0 Å². The van der Waals surface area contributed by atoms with Crippen LogP contribution in [0.25, 0.3) is 0 Å². The minimum Gasteiger partial charge on any atom is -0.480 e. The molecule has 0 fully saturated rings. The summed E-state index contributed by atoms with van der Waals surface area (Å²) in [6.45, 7) is -0.0999. The van der Waals surface area contributed by atoms with Crippen LogP contribution < -0.4 is 4.74 Å². The van der Waals surface area contributed by atoms with Crippen LogP contribution >= 0.6 is 15.9 Å². The Bertz CT molecular complexity index is 254. The Morgan fingerprint density at radius 1 is 1.64 bits per heavy atom. The summed E-state index contributed by atoms with van der Waals surface area (Å²) in [5, 5.41) is 16.2. The monoisotopic (exact) mass is 218 g/mol. The fraction of sp³-hybridized carbons (Fsp3) is 0.333. The van der Waals surface area contributed by atoms with Gasteiger partial charge in [-0.3, -0.25) is 0 Å². The molecule has 1 aromatic heterocycles. The number of hydrogen-bond donors (Lipinski definition) is 1. The number of aliphatic hydroxyl groups is 1. The zero-order valence-corrected chi connectivity index (χ0v) is 7.50. The van der Waals surface area contributed by atoms with Crippen molar-refractivity contribution in [2.75, 3.05) is 7.11 Å². The Morgan fingerprint density at radius 3 is 2.91 bits per heavy atom. The topological polar surface area (TPSA) is 55.2 Å². The molecule has 0 bridgehead atoms. The molecular formula is C6H7BrN2O2. The largest absolute Gasteiger partial charge is 0.480 e. The van der Waals surface area contributed by atoms with Crippen LogP contribution in [-0.2, 0) is 6.61 Å². The predicted molar refractivity (Wildman–Crippen MR) is 42.2 cm³/mol. The van der Waals surface area contributed by atoms with Crippen molar-refractivity contribution in [2.45, 2.75) is 6.61 Å². The van der Waals surface area contributed by atoms with Gasteiger partial charge in [-0.05, 0) is 22.0 Å². The predicted octanol–water partition coefficient (Wildman–Crippen LogP) is 0.740. The first-order valence-corrected chi connectivity index (χ1v) is 3.74. The summed E-state index contributed by atoms with van der Waals surface area (Å²) in [6.07, 6.45) is 0. The number of aromatic nitrogens is 2. The van der Waals surface area contributed by atoms with Gasteiger partial charge in [-0.25, -0.2) is 0 Å². The molecule has 0 saturated heterocycles. The smallest absolute Gasteiger partial charge is 0.238 e. The molecular weight excluding hydrogens is 212 g/mol. The number of rotatable bonds is 2. The fourth-order valence-corrected chi connectivity index (χ4v) is 1.03. The summed E-state index contributed by atoms with van der Waals surface area (Å²) < 4.78 is 5.42. The first-order chi connectivity index (χ1) is 5.27. The number of nitrogens with zero attached hydrogens (tertiary/aromatic N) is 2. The minimum absolute atomic E-state index is 0.0999. The maximum Gasteiger partial charge on any atom is 0.238 e. The van der Waals surface area contributed by atoms with Crippen LogP contribution in [0.5, 0.6) is 5.88 Å². The highest BCUT2D eigenvalue weighted by Gasteiger charge is 2.03. The maximum atomic E-state index is 8.81. The van der Waals surface area contributed by atoms with E-state index in [1.54, 1.807) is 6.07 Å². The van der Waals surface area contributed by atoms with E-state index < -0.39 is 0 Å². The fourth-order valence-electron chi connectivity index (χ4n) is 0.677. The van der Waals surface area contributed by atoms with Crippen LogP contribution in [0.4, 0.5) is 0 Å². The molecule has 1 aromatic rings. The van der Waals surface area contributed by atoms with Gasteiger partial charge in [0.2, 0.25) is 5.88 Å². The Balaban J connectivity index is 3.06. The number of halogens is 1. The van der Waals surface area contributed by atoms with E-state index in [-0.39, 0.29) is 6.61 Å². The highest BCUT2D eigenvalue weighted by atomic mass is 79.9. The van der Waals surface area contributed by atoms with Gasteiger partial charge >= 0.3 is 0 Å². The van der Waals surface area contributed by atoms with Gasteiger partial charge in [0.05, 0.1) is 13.7 Å². The lowest BCUT2D eigenvalue weighted by Gasteiger charge is -2.02. The van der Waals surface area contributed by atoms with Gasteiger partial charge in [-0.15, -0.1) is 10.2 Å². The lowest BCUT2D eigenvalue weighted by Crippen LogP contribution is -1.97. The van der Waals surface area contributed by atoms with Gasteiger partial charge in [0, 0.05) is 5.56 Å². The van der Waals surface area contributed by atoms with Crippen molar-refractivity contribution in [2.24, 2.45) is 0 Å². The molecule has 0 saturated carbocycles. The molecule has 5 heteroatoms. The number of methoxy groups -OCH3 is 1. The number of hydrogen-bond acceptors (Lipinski definition) is 4. The second-order valence-electron chi connectivity index (χ2n) is 1.86. The van der Waals surface area contributed by atoms with Crippen LogP contribution in [0.2, 0.25) is 0 Å². The van der Waals surface area contributed by atoms with Gasteiger partial charge in [0.1, 0.15) is 4.60 Å². The molecule has 4 nitrogen and oxygen atoms in total. The summed E-state index contributed by atoms with van der Waals surface area (Å²) in [5.74, 6) is 0.357. The molecule has 11 heavy (non-hydrogen) atoms. The Hall–Kier alpha value is -0.680. The lowest BCUT2D eigenvalue weighted by atomic mass is 10.3. The van der Waals surface area contributed by atoms with Gasteiger partial charge in [-0.2, -0.15) is 0 Å². The zero-order chi connectivity index (χ0) is 8.27. The van der Waals surface area contributed by atoms with Crippen molar-refractivity contribution in [3.8, 4) is 5.88 Å². The van der Waals surface area contributed by atoms with Crippen molar-refractivity contribution >= 4 is 15.9 Å². The standard InChI is InChI=1S/C6H7BrN2O2/c1-11-6-4(3-10)2-5(7)8-9-6/h2,10H,3H2,1H3. The first kappa shape index (κ1) is 8.42. The van der Waals surface area contributed by atoms with E-state index in [0.717, 1.165) is 0 Å². The van der Waals surface area contributed by atoms with Crippen LogP contribution in [0.15, 0.2) is 10.7 Å². The normalized spacial score (nSPS) is 9.73. The third-order valence-electron chi connectivity index (χ3n) is 1.17. The maximum absolute atomic E-state index is 8.81. The molecule has 0 spiro atoms. The van der Waals surface area contributed by atoms with Crippen LogP contribution in [-0.4, -0.2) is 22.4 Å². The molecule has 60 valence electrons. The van der Waals surface area contributed by atoms with Gasteiger partial charge < -0.3 is 9.84 Å². The van der Waals surface area contributed by atoms with Crippen molar-refractivity contribution in [3.05, 3.63) is 16.2 Å². The first-order valence-electron chi connectivity index (χ1n) is 2.95. The molecule has 0 aliphatic heterocycles. The van der Waals surface area contributed by atoms with E-state index in [1.807, 2.05) is 0 Å². The Kier molecular flexibility index (Phi) is 2.78. The summed E-state index contributed by atoms with van der Waals surface area (Å²) in [5.41, 5.74) is 0.620. The summed E-state index contributed by atoms with van der Waals surface area (Å²) >= 11 is 3.13. The van der Waals surface area contributed by atoms with E-state index in [9.17, 15) is 0 Å². The average Bonchev–Trinajstić information content (AvgIpc) is 2.04. The van der Waals surface area contributed by atoms with E-state index >= 15 is 0 Å². The highest BCUT2D eigenvalue weighted by Crippen LogP contribution is 2.16. The molecule has 0 radical (unpaired) electrons. The lowest BCUT2D eigenvalue weighted by molar-refractivity contribution is 0.270. The van der Waals surface area contributed by atoms with Crippen molar-refractivity contribution in [1.29, 1.82) is 0 Å². The number of aliphatic hydroxyl groups excluding tert-OH is 1. The molecule has 1 N–H and O–H groups in total. The minimum atomic E-state index is -0.0999.